The first kappa shape index (κ1) is 12.7. The van der Waals surface area contributed by atoms with E-state index in [2.05, 4.69) is 21.7 Å². The summed E-state index contributed by atoms with van der Waals surface area (Å²) in [6, 6.07) is 11.6. The van der Waals surface area contributed by atoms with E-state index in [4.69, 9.17) is 10.5 Å². The Hall–Kier alpha value is -2.27. The number of thiophene rings is 1. The number of fused-ring (bicyclic) bond motifs is 1. The highest BCUT2D eigenvalue weighted by Crippen LogP contribution is 2.25. The minimum Gasteiger partial charge on any atom is -0.490 e. The number of para-hydroxylation sites is 2. The smallest absolute Gasteiger partial charge is 0.142 e. The Balaban J connectivity index is 1.58. The molecule has 1 aromatic carbocycles. The number of benzene rings is 1. The molecule has 0 unspecified atom stereocenters. The van der Waals surface area contributed by atoms with Crippen LogP contribution in [-0.2, 0) is 0 Å². The SMILES string of the molecule is Nc1ccccc1OCCNc1nccc2sccc12. The average Bonchev–Trinajstić information content (AvgIpc) is 2.94. The topological polar surface area (TPSA) is 60.2 Å². The number of nitrogens with zero attached hydrogens (tertiary/aromatic N) is 1. The number of ether oxygens (including phenoxy) is 1. The molecule has 3 rings (SSSR count). The van der Waals surface area contributed by atoms with Crippen molar-refractivity contribution in [1.29, 1.82) is 0 Å². The van der Waals surface area contributed by atoms with Gasteiger partial charge in [0.15, 0.2) is 0 Å². The molecule has 3 aromatic rings. The molecule has 2 heterocycles. The summed E-state index contributed by atoms with van der Waals surface area (Å²) in [7, 11) is 0. The largest absolute Gasteiger partial charge is 0.490 e. The molecule has 102 valence electrons. The molecule has 0 saturated heterocycles. The van der Waals surface area contributed by atoms with Crippen molar-refractivity contribution in [3.05, 3.63) is 48.0 Å². The van der Waals surface area contributed by atoms with Gasteiger partial charge in [-0.25, -0.2) is 4.98 Å². The van der Waals surface area contributed by atoms with Crippen LogP contribution in [0.4, 0.5) is 11.5 Å². The number of hydrogen-bond donors (Lipinski definition) is 2. The molecule has 0 aliphatic carbocycles. The van der Waals surface area contributed by atoms with Crippen molar-refractivity contribution in [2.24, 2.45) is 0 Å². The van der Waals surface area contributed by atoms with Crippen molar-refractivity contribution < 1.29 is 4.74 Å². The zero-order valence-electron chi connectivity index (χ0n) is 10.9. The molecule has 0 bridgehead atoms. The molecule has 0 saturated carbocycles. The van der Waals surface area contributed by atoms with Gasteiger partial charge in [0.2, 0.25) is 0 Å². The van der Waals surface area contributed by atoms with Crippen molar-refractivity contribution in [3.8, 4) is 5.75 Å². The highest BCUT2D eigenvalue weighted by atomic mass is 32.1. The van der Waals surface area contributed by atoms with E-state index in [0.29, 0.717) is 18.8 Å². The summed E-state index contributed by atoms with van der Waals surface area (Å²) in [5.41, 5.74) is 6.48. The Morgan fingerprint density at radius 2 is 2.10 bits per heavy atom. The first-order valence-electron chi connectivity index (χ1n) is 6.38. The van der Waals surface area contributed by atoms with Gasteiger partial charge in [-0.15, -0.1) is 11.3 Å². The Morgan fingerprint density at radius 1 is 1.20 bits per heavy atom. The lowest BCUT2D eigenvalue weighted by Gasteiger charge is -2.10. The van der Waals surface area contributed by atoms with Crippen LogP contribution in [-0.4, -0.2) is 18.1 Å². The predicted octanol–water partition coefficient (Wildman–Crippen LogP) is 3.37. The Bertz CT molecular complexity index is 711. The van der Waals surface area contributed by atoms with E-state index in [1.54, 1.807) is 11.3 Å². The zero-order valence-corrected chi connectivity index (χ0v) is 11.7. The van der Waals surface area contributed by atoms with Crippen molar-refractivity contribution in [3.63, 3.8) is 0 Å². The lowest BCUT2D eigenvalue weighted by molar-refractivity contribution is 0.334. The predicted molar refractivity (Wildman–Crippen MR) is 84.5 cm³/mol. The number of nitrogen functional groups attached to an aromatic ring is 1. The van der Waals surface area contributed by atoms with Gasteiger partial charge in [-0.3, -0.25) is 0 Å². The van der Waals surface area contributed by atoms with Crippen LogP contribution in [0.25, 0.3) is 10.1 Å². The number of pyridine rings is 1. The van der Waals surface area contributed by atoms with Gasteiger partial charge < -0.3 is 15.8 Å². The molecular formula is C15H15N3OS. The monoisotopic (exact) mass is 285 g/mol. The zero-order chi connectivity index (χ0) is 13.8. The standard InChI is InChI=1S/C15H15N3OS/c16-12-3-1-2-4-13(12)19-9-8-18-15-11-6-10-20-14(11)5-7-17-15/h1-7,10H,8-9,16H2,(H,17,18). The Morgan fingerprint density at radius 3 is 3.00 bits per heavy atom. The van der Waals surface area contributed by atoms with Gasteiger partial charge >= 0.3 is 0 Å². The van der Waals surface area contributed by atoms with Gasteiger partial charge in [-0.1, -0.05) is 12.1 Å². The van der Waals surface area contributed by atoms with Crippen LogP contribution in [0.15, 0.2) is 48.0 Å². The molecule has 0 fully saturated rings. The lowest BCUT2D eigenvalue weighted by atomic mass is 10.3. The number of nitrogens with one attached hydrogen (secondary N) is 1. The molecule has 0 radical (unpaired) electrons. The summed E-state index contributed by atoms with van der Waals surface area (Å²) in [5, 5.41) is 6.51. The molecule has 0 spiro atoms. The first-order chi connectivity index (χ1) is 9.84. The fourth-order valence-electron chi connectivity index (χ4n) is 1.98. The molecule has 4 nitrogen and oxygen atoms in total. The van der Waals surface area contributed by atoms with E-state index < -0.39 is 0 Å². The van der Waals surface area contributed by atoms with Crippen molar-refractivity contribution in [2.45, 2.75) is 0 Å². The molecule has 20 heavy (non-hydrogen) atoms. The van der Waals surface area contributed by atoms with E-state index in [9.17, 15) is 0 Å². The average molecular weight is 285 g/mol. The van der Waals surface area contributed by atoms with Gasteiger partial charge in [0.25, 0.3) is 0 Å². The highest BCUT2D eigenvalue weighted by Gasteiger charge is 2.03. The van der Waals surface area contributed by atoms with Crippen LogP contribution in [0.3, 0.4) is 0 Å². The molecule has 3 N–H and O–H groups in total. The van der Waals surface area contributed by atoms with Gasteiger partial charge in [0.05, 0.1) is 12.2 Å². The van der Waals surface area contributed by atoms with Gasteiger partial charge in [-0.2, -0.15) is 0 Å². The molecule has 2 aromatic heterocycles. The minimum absolute atomic E-state index is 0.538. The van der Waals surface area contributed by atoms with E-state index in [0.717, 1.165) is 17.0 Å². The molecule has 0 amide bonds. The minimum atomic E-state index is 0.538. The maximum Gasteiger partial charge on any atom is 0.142 e. The van der Waals surface area contributed by atoms with E-state index >= 15 is 0 Å². The van der Waals surface area contributed by atoms with Crippen LogP contribution in [0.1, 0.15) is 0 Å². The van der Waals surface area contributed by atoms with Crippen molar-refractivity contribution >= 4 is 32.9 Å². The lowest BCUT2D eigenvalue weighted by Crippen LogP contribution is -2.13. The molecule has 0 atom stereocenters. The summed E-state index contributed by atoms with van der Waals surface area (Å²) in [6.07, 6.45) is 1.82. The number of aromatic nitrogens is 1. The second-order valence-electron chi connectivity index (χ2n) is 4.31. The summed E-state index contributed by atoms with van der Waals surface area (Å²) in [6.45, 7) is 1.21. The van der Waals surface area contributed by atoms with Gasteiger partial charge in [0, 0.05) is 16.3 Å². The summed E-state index contributed by atoms with van der Waals surface area (Å²) in [4.78, 5) is 4.36. The Kier molecular flexibility index (Phi) is 3.69. The fourth-order valence-corrected chi connectivity index (χ4v) is 2.76. The van der Waals surface area contributed by atoms with Gasteiger partial charge in [-0.05, 0) is 29.6 Å². The van der Waals surface area contributed by atoms with E-state index in [1.807, 2.05) is 36.5 Å². The summed E-state index contributed by atoms with van der Waals surface area (Å²) in [5.74, 6) is 1.62. The number of hydrogen-bond acceptors (Lipinski definition) is 5. The molecular weight excluding hydrogens is 270 g/mol. The van der Waals surface area contributed by atoms with Crippen molar-refractivity contribution in [2.75, 3.05) is 24.2 Å². The van der Waals surface area contributed by atoms with Crippen LogP contribution in [0.5, 0.6) is 5.75 Å². The fraction of sp³-hybridized carbons (Fsp3) is 0.133. The van der Waals surface area contributed by atoms with Crippen molar-refractivity contribution in [1.82, 2.24) is 4.98 Å². The second-order valence-corrected chi connectivity index (χ2v) is 5.25. The Labute approximate surface area is 121 Å². The molecule has 5 heteroatoms. The van der Waals surface area contributed by atoms with Crippen LogP contribution >= 0.6 is 11.3 Å². The maximum absolute atomic E-state index is 5.82. The third kappa shape index (κ3) is 2.67. The third-order valence-corrected chi connectivity index (χ3v) is 3.83. The van der Waals surface area contributed by atoms with E-state index in [-0.39, 0.29) is 0 Å². The quantitative estimate of drug-likeness (QED) is 0.557. The van der Waals surface area contributed by atoms with E-state index in [1.165, 1.54) is 4.70 Å². The third-order valence-electron chi connectivity index (χ3n) is 2.95. The van der Waals surface area contributed by atoms with Crippen LogP contribution < -0.4 is 15.8 Å². The first-order valence-corrected chi connectivity index (χ1v) is 7.26. The van der Waals surface area contributed by atoms with Crippen LogP contribution in [0.2, 0.25) is 0 Å². The maximum atomic E-state index is 5.82. The number of anilines is 2. The highest BCUT2D eigenvalue weighted by molar-refractivity contribution is 7.17. The normalized spacial score (nSPS) is 10.6. The number of nitrogens with two attached hydrogens (primary N) is 1. The summed E-state index contributed by atoms with van der Waals surface area (Å²) >= 11 is 1.71. The summed E-state index contributed by atoms with van der Waals surface area (Å²) < 4.78 is 6.87. The van der Waals surface area contributed by atoms with Crippen LogP contribution in [0, 0.1) is 0 Å². The molecule has 0 aliphatic heterocycles. The number of rotatable bonds is 5. The second kappa shape index (κ2) is 5.79. The molecule has 0 aliphatic rings. The van der Waals surface area contributed by atoms with Gasteiger partial charge in [0.1, 0.15) is 18.2 Å².